The molecule has 0 atom stereocenters. The zero-order chi connectivity index (χ0) is 12.7. The van der Waals surface area contributed by atoms with Gasteiger partial charge in [0.25, 0.3) is 0 Å². The first-order chi connectivity index (χ1) is 8.15. The summed E-state index contributed by atoms with van der Waals surface area (Å²) >= 11 is 3.33. The van der Waals surface area contributed by atoms with Crippen LogP contribution in [-0.4, -0.2) is 19.0 Å². The van der Waals surface area contributed by atoms with Crippen LogP contribution in [0.15, 0.2) is 22.7 Å². The van der Waals surface area contributed by atoms with Crippen LogP contribution in [0.1, 0.15) is 18.9 Å². The topological polar surface area (TPSA) is 64.9 Å². The lowest BCUT2D eigenvalue weighted by Gasteiger charge is -2.09. The number of nitriles is 1. The molecule has 2 N–H and O–H groups in total. The molecule has 1 amide bonds. The van der Waals surface area contributed by atoms with Gasteiger partial charge in [-0.3, -0.25) is 4.79 Å². The van der Waals surface area contributed by atoms with Gasteiger partial charge in [0, 0.05) is 24.5 Å². The van der Waals surface area contributed by atoms with Crippen molar-refractivity contribution in [2.45, 2.75) is 13.3 Å². The molecule has 1 rings (SSSR count). The van der Waals surface area contributed by atoms with E-state index in [0.29, 0.717) is 18.7 Å². The lowest BCUT2D eigenvalue weighted by Crippen LogP contribution is -2.22. The maximum Gasteiger partial charge on any atom is 0.216 e. The van der Waals surface area contributed by atoms with Gasteiger partial charge in [0.05, 0.1) is 11.3 Å². The van der Waals surface area contributed by atoms with Crippen molar-refractivity contribution >= 4 is 27.5 Å². The van der Waals surface area contributed by atoms with Crippen LogP contribution in [0.5, 0.6) is 0 Å². The molecule has 4 nitrogen and oxygen atoms in total. The fourth-order valence-corrected chi connectivity index (χ4v) is 1.82. The number of carbonyl (C=O) groups is 1. The molecule has 0 aliphatic rings. The zero-order valence-electron chi connectivity index (χ0n) is 9.59. The van der Waals surface area contributed by atoms with Crippen LogP contribution in [0.4, 0.5) is 5.69 Å². The Bertz CT molecular complexity index is 440. The van der Waals surface area contributed by atoms with Crippen molar-refractivity contribution < 1.29 is 4.79 Å². The third kappa shape index (κ3) is 4.45. The van der Waals surface area contributed by atoms with Crippen molar-refractivity contribution in [3.63, 3.8) is 0 Å². The molecule has 0 heterocycles. The van der Waals surface area contributed by atoms with Gasteiger partial charge < -0.3 is 10.6 Å². The molecule has 1 aromatic carbocycles. The predicted molar refractivity (Wildman–Crippen MR) is 70.6 cm³/mol. The number of carbonyl (C=O) groups excluding carboxylic acids is 1. The normalized spacial score (nSPS) is 9.47. The van der Waals surface area contributed by atoms with Gasteiger partial charge in [0.15, 0.2) is 0 Å². The summed E-state index contributed by atoms with van der Waals surface area (Å²) in [6, 6.07) is 7.72. The van der Waals surface area contributed by atoms with E-state index in [2.05, 4.69) is 32.6 Å². The summed E-state index contributed by atoms with van der Waals surface area (Å²) in [6.45, 7) is 2.85. The maximum absolute atomic E-state index is 10.6. The van der Waals surface area contributed by atoms with E-state index in [-0.39, 0.29) is 5.91 Å². The number of nitrogens with one attached hydrogen (secondary N) is 2. The highest BCUT2D eigenvalue weighted by Crippen LogP contribution is 2.23. The number of halogens is 1. The van der Waals surface area contributed by atoms with Crippen molar-refractivity contribution in [1.29, 1.82) is 5.26 Å². The van der Waals surface area contributed by atoms with Gasteiger partial charge in [0.1, 0.15) is 6.07 Å². The number of benzene rings is 1. The van der Waals surface area contributed by atoms with Gasteiger partial charge in [-0.25, -0.2) is 0 Å². The van der Waals surface area contributed by atoms with E-state index < -0.39 is 0 Å². The van der Waals surface area contributed by atoms with Gasteiger partial charge in [-0.1, -0.05) is 6.07 Å². The van der Waals surface area contributed by atoms with Crippen LogP contribution in [-0.2, 0) is 4.79 Å². The Morgan fingerprint density at radius 2 is 2.24 bits per heavy atom. The van der Waals surface area contributed by atoms with Gasteiger partial charge in [0.2, 0.25) is 5.91 Å². The molecule has 5 heteroatoms. The van der Waals surface area contributed by atoms with E-state index >= 15 is 0 Å². The van der Waals surface area contributed by atoms with Crippen molar-refractivity contribution in [2.75, 3.05) is 18.4 Å². The van der Waals surface area contributed by atoms with E-state index in [9.17, 15) is 4.79 Å². The van der Waals surface area contributed by atoms with E-state index in [4.69, 9.17) is 5.26 Å². The largest absolute Gasteiger partial charge is 0.384 e. The number of amides is 1. The van der Waals surface area contributed by atoms with E-state index in [0.717, 1.165) is 16.6 Å². The maximum atomic E-state index is 10.6. The Hall–Kier alpha value is -1.54. The molecule has 90 valence electrons. The summed E-state index contributed by atoms with van der Waals surface area (Å²) in [5.41, 5.74) is 1.41. The number of rotatable bonds is 5. The highest BCUT2D eigenvalue weighted by atomic mass is 79.9. The van der Waals surface area contributed by atoms with Crippen LogP contribution < -0.4 is 10.6 Å². The van der Waals surface area contributed by atoms with Crippen molar-refractivity contribution in [1.82, 2.24) is 5.32 Å². The monoisotopic (exact) mass is 295 g/mol. The molecule has 0 aliphatic carbocycles. The minimum Gasteiger partial charge on any atom is -0.384 e. The van der Waals surface area contributed by atoms with Gasteiger partial charge in [-0.2, -0.15) is 5.26 Å². The average molecular weight is 296 g/mol. The lowest BCUT2D eigenvalue weighted by molar-refractivity contribution is -0.118. The molecule has 0 spiro atoms. The van der Waals surface area contributed by atoms with E-state index in [1.165, 1.54) is 6.92 Å². The molecule has 17 heavy (non-hydrogen) atoms. The molecule has 0 aliphatic heterocycles. The van der Waals surface area contributed by atoms with Gasteiger partial charge in [-0.15, -0.1) is 0 Å². The highest BCUT2D eigenvalue weighted by molar-refractivity contribution is 9.10. The fraction of sp³-hybridized carbons (Fsp3) is 0.333. The Labute approximate surface area is 109 Å². The Kier molecular flexibility index (Phi) is 5.50. The SMILES string of the molecule is CC(=O)NCCCNc1cccc(Br)c1C#N. The molecule has 0 bridgehead atoms. The second kappa shape index (κ2) is 6.92. The second-order valence-electron chi connectivity index (χ2n) is 3.54. The Balaban J connectivity index is 2.45. The van der Waals surface area contributed by atoms with Crippen LogP contribution in [0.25, 0.3) is 0 Å². The minimum absolute atomic E-state index is 0.0230. The van der Waals surface area contributed by atoms with Crippen molar-refractivity contribution in [3.8, 4) is 6.07 Å². The molecular formula is C12H14BrN3O. The number of hydrogen-bond donors (Lipinski definition) is 2. The van der Waals surface area contributed by atoms with Gasteiger partial charge in [-0.05, 0) is 34.5 Å². The summed E-state index contributed by atoms with van der Waals surface area (Å²) in [6.07, 6.45) is 0.816. The number of hydrogen-bond acceptors (Lipinski definition) is 3. The average Bonchev–Trinajstić information content (AvgIpc) is 2.28. The Morgan fingerprint density at radius 3 is 2.88 bits per heavy atom. The molecule has 0 radical (unpaired) electrons. The molecule has 0 unspecified atom stereocenters. The summed E-state index contributed by atoms with van der Waals surface area (Å²) < 4.78 is 0.784. The summed E-state index contributed by atoms with van der Waals surface area (Å²) in [4.78, 5) is 10.6. The number of anilines is 1. The van der Waals surface area contributed by atoms with Crippen LogP contribution >= 0.6 is 15.9 Å². The first-order valence-electron chi connectivity index (χ1n) is 5.32. The van der Waals surface area contributed by atoms with Gasteiger partial charge >= 0.3 is 0 Å². The smallest absolute Gasteiger partial charge is 0.216 e. The number of nitrogens with zero attached hydrogens (tertiary/aromatic N) is 1. The zero-order valence-corrected chi connectivity index (χ0v) is 11.2. The van der Waals surface area contributed by atoms with Crippen LogP contribution in [0, 0.1) is 11.3 Å². The standard InChI is InChI=1S/C12H14BrN3O/c1-9(17)15-6-3-7-16-12-5-2-4-11(13)10(12)8-14/h2,4-5,16H,3,6-7H2,1H3,(H,15,17). The molecule has 1 aromatic rings. The quantitative estimate of drug-likeness (QED) is 0.819. The first kappa shape index (κ1) is 13.5. The molecule has 0 fully saturated rings. The molecule has 0 aromatic heterocycles. The van der Waals surface area contributed by atoms with Crippen LogP contribution in [0.2, 0.25) is 0 Å². The van der Waals surface area contributed by atoms with Crippen molar-refractivity contribution in [3.05, 3.63) is 28.2 Å². The summed E-state index contributed by atoms with van der Waals surface area (Å²) in [5.74, 6) is -0.0230. The lowest BCUT2D eigenvalue weighted by atomic mass is 10.2. The fourth-order valence-electron chi connectivity index (χ4n) is 1.36. The summed E-state index contributed by atoms with van der Waals surface area (Å²) in [5, 5.41) is 14.9. The summed E-state index contributed by atoms with van der Waals surface area (Å²) in [7, 11) is 0. The third-order valence-electron chi connectivity index (χ3n) is 2.17. The first-order valence-corrected chi connectivity index (χ1v) is 6.11. The highest BCUT2D eigenvalue weighted by Gasteiger charge is 2.04. The predicted octanol–water partition coefficient (Wildman–Crippen LogP) is 2.26. The molecule has 0 saturated carbocycles. The third-order valence-corrected chi connectivity index (χ3v) is 2.83. The molecular weight excluding hydrogens is 282 g/mol. The second-order valence-corrected chi connectivity index (χ2v) is 4.39. The minimum atomic E-state index is -0.0230. The molecule has 0 saturated heterocycles. The Morgan fingerprint density at radius 1 is 1.47 bits per heavy atom. The van der Waals surface area contributed by atoms with Crippen LogP contribution in [0.3, 0.4) is 0 Å². The van der Waals surface area contributed by atoms with E-state index in [1.54, 1.807) is 0 Å². The van der Waals surface area contributed by atoms with E-state index in [1.807, 2.05) is 18.2 Å². The van der Waals surface area contributed by atoms with Crippen molar-refractivity contribution in [2.24, 2.45) is 0 Å².